The third-order valence-electron chi connectivity index (χ3n) is 5.06. The van der Waals surface area contributed by atoms with Gasteiger partial charge in [0.2, 0.25) is 0 Å². The quantitative estimate of drug-likeness (QED) is 0.370. The molecule has 0 bridgehead atoms. The highest BCUT2D eigenvalue weighted by Gasteiger charge is 2.16. The van der Waals surface area contributed by atoms with Crippen LogP contribution in [0, 0.1) is 39.0 Å². The van der Waals surface area contributed by atoms with E-state index in [2.05, 4.69) is 9.88 Å². The van der Waals surface area contributed by atoms with E-state index in [-0.39, 0.29) is 5.57 Å². The highest BCUT2D eigenvalue weighted by atomic mass is 35.5. The SMILES string of the molecule is Cc1ccc(Cl)cc1NC(=O)/C(C#N)=C/c1cc(C)n(-c2cccc(Cl)c2C)c1C. The van der Waals surface area contributed by atoms with Gasteiger partial charge in [-0.25, -0.2) is 0 Å². The number of nitrogens with one attached hydrogen (secondary N) is 1. The smallest absolute Gasteiger partial charge is 0.266 e. The number of rotatable bonds is 4. The fourth-order valence-corrected chi connectivity index (χ4v) is 3.71. The van der Waals surface area contributed by atoms with Gasteiger partial charge >= 0.3 is 0 Å². The summed E-state index contributed by atoms with van der Waals surface area (Å²) in [6.45, 7) is 7.76. The van der Waals surface area contributed by atoms with Gasteiger partial charge in [0.15, 0.2) is 0 Å². The van der Waals surface area contributed by atoms with Gasteiger partial charge in [-0.15, -0.1) is 0 Å². The molecular formula is C24H21Cl2N3O. The Bertz CT molecular complexity index is 1220. The molecule has 1 heterocycles. The Morgan fingerprint density at radius 1 is 1.10 bits per heavy atom. The molecule has 0 fully saturated rings. The molecule has 1 amide bonds. The first-order valence-electron chi connectivity index (χ1n) is 9.36. The highest BCUT2D eigenvalue weighted by molar-refractivity contribution is 6.31. The minimum Gasteiger partial charge on any atom is -0.321 e. The summed E-state index contributed by atoms with van der Waals surface area (Å²) in [4.78, 5) is 12.7. The number of anilines is 1. The van der Waals surface area contributed by atoms with Crippen LogP contribution in [0.5, 0.6) is 0 Å². The molecule has 0 unspecified atom stereocenters. The lowest BCUT2D eigenvalue weighted by molar-refractivity contribution is -0.112. The number of nitriles is 1. The Balaban J connectivity index is 1.99. The van der Waals surface area contributed by atoms with Crippen LogP contribution in [0.2, 0.25) is 10.0 Å². The van der Waals surface area contributed by atoms with E-state index in [1.807, 2.05) is 64.1 Å². The second-order valence-electron chi connectivity index (χ2n) is 7.13. The number of aromatic nitrogens is 1. The van der Waals surface area contributed by atoms with Crippen LogP contribution >= 0.6 is 23.2 Å². The second-order valence-corrected chi connectivity index (χ2v) is 7.97. The van der Waals surface area contributed by atoms with Crippen LogP contribution in [-0.4, -0.2) is 10.5 Å². The molecule has 0 saturated carbocycles. The first-order valence-corrected chi connectivity index (χ1v) is 10.1. The lowest BCUT2D eigenvalue weighted by Gasteiger charge is -2.13. The average molecular weight is 438 g/mol. The summed E-state index contributed by atoms with van der Waals surface area (Å²) < 4.78 is 2.07. The van der Waals surface area contributed by atoms with Crippen molar-refractivity contribution in [1.82, 2.24) is 4.57 Å². The molecule has 4 nitrogen and oxygen atoms in total. The predicted octanol–water partition coefficient (Wildman–Crippen LogP) is 6.56. The molecule has 1 N–H and O–H groups in total. The molecule has 6 heteroatoms. The standard InChI is InChI=1S/C24H21Cl2N3O/c1-14-8-9-20(25)12-22(14)28-24(30)19(13-27)11-18-10-15(2)29(17(18)4)23-7-5-6-21(26)16(23)3/h5-12H,1-4H3,(H,28,30)/b19-11+. The summed E-state index contributed by atoms with van der Waals surface area (Å²) in [5.74, 6) is -0.480. The van der Waals surface area contributed by atoms with Crippen molar-refractivity contribution in [3.05, 3.63) is 86.2 Å². The first kappa shape index (κ1) is 21.7. The summed E-state index contributed by atoms with van der Waals surface area (Å²) in [5.41, 5.74) is 6.07. The Morgan fingerprint density at radius 3 is 2.53 bits per heavy atom. The van der Waals surface area contributed by atoms with Gasteiger partial charge in [-0.05, 0) is 80.8 Å². The van der Waals surface area contributed by atoms with E-state index in [4.69, 9.17) is 23.2 Å². The molecule has 0 atom stereocenters. The van der Waals surface area contributed by atoms with Gasteiger partial charge < -0.3 is 9.88 Å². The zero-order valence-corrected chi connectivity index (χ0v) is 18.7. The molecule has 0 aliphatic rings. The highest BCUT2D eigenvalue weighted by Crippen LogP contribution is 2.28. The fraction of sp³-hybridized carbons (Fsp3) is 0.167. The van der Waals surface area contributed by atoms with Crippen LogP contribution in [0.1, 0.15) is 28.1 Å². The maximum atomic E-state index is 12.7. The van der Waals surface area contributed by atoms with Crippen molar-refractivity contribution in [2.75, 3.05) is 5.32 Å². The van der Waals surface area contributed by atoms with Gasteiger partial charge in [0.25, 0.3) is 5.91 Å². The monoisotopic (exact) mass is 437 g/mol. The Labute approximate surface area is 186 Å². The number of nitrogens with zero attached hydrogens (tertiary/aromatic N) is 2. The molecule has 0 spiro atoms. The van der Waals surface area contributed by atoms with E-state index in [1.165, 1.54) is 0 Å². The maximum Gasteiger partial charge on any atom is 0.266 e. The molecular weight excluding hydrogens is 417 g/mol. The molecule has 0 aliphatic carbocycles. The zero-order valence-electron chi connectivity index (χ0n) is 17.2. The van der Waals surface area contributed by atoms with E-state index in [1.54, 1.807) is 18.2 Å². The largest absolute Gasteiger partial charge is 0.321 e. The van der Waals surface area contributed by atoms with Crippen LogP contribution in [0.3, 0.4) is 0 Å². The summed E-state index contributed by atoms with van der Waals surface area (Å²) >= 11 is 12.3. The van der Waals surface area contributed by atoms with Crippen LogP contribution in [0.15, 0.2) is 48.0 Å². The number of benzene rings is 2. The van der Waals surface area contributed by atoms with Gasteiger partial charge in [-0.2, -0.15) is 5.26 Å². The number of halogens is 2. The lowest BCUT2D eigenvalue weighted by Crippen LogP contribution is -2.14. The summed E-state index contributed by atoms with van der Waals surface area (Å²) in [5, 5.41) is 13.6. The van der Waals surface area contributed by atoms with E-state index in [0.29, 0.717) is 15.7 Å². The van der Waals surface area contributed by atoms with Crippen LogP contribution < -0.4 is 5.32 Å². The average Bonchev–Trinajstić information content (AvgIpc) is 2.98. The molecule has 3 aromatic rings. The molecule has 2 aromatic carbocycles. The Morgan fingerprint density at radius 2 is 1.83 bits per heavy atom. The maximum absolute atomic E-state index is 12.7. The van der Waals surface area contributed by atoms with Crippen LogP contribution in [-0.2, 0) is 4.79 Å². The molecule has 30 heavy (non-hydrogen) atoms. The van der Waals surface area contributed by atoms with E-state index in [0.717, 1.165) is 33.8 Å². The molecule has 0 saturated heterocycles. The van der Waals surface area contributed by atoms with E-state index >= 15 is 0 Å². The van der Waals surface area contributed by atoms with Gasteiger partial charge in [0.1, 0.15) is 11.6 Å². The van der Waals surface area contributed by atoms with Gasteiger partial charge in [-0.3, -0.25) is 4.79 Å². The molecule has 0 aliphatic heterocycles. The third kappa shape index (κ3) is 4.28. The third-order valence-corrected chi connectivity index (χ3v) is 5.71. The molecule has 152 valence electrons. The summed E-state index contributed by atoms with van der Waals surface area (Å²) in [6.07, 6.45) is 1.61. The minimum absolute atomic E-state index is 0.0115. The van der Waals surface area contributed by atoms with Crippen molar-refractivity contribution in [1.29, 1.82) is 5.26 Å². The second kappa shape index (κ2) is 8.79. The normalized spacial score (nSPS) is 11.3. The van der Waals surface area contributed by atoms with Crippen molar-refractivity contribution < 1.29 is 4.79 Å². The van der Waals surface area contributed by atoms with Crippen molar-refractivity contribution >= 4 is 40.9 Å². The molecule has 1 aromatic heterocycles. The number of carbonyl (C=O) groups is 1. The molecule has 3 rings (SSSR count). The van der Waals surface area contributed by atoms with Crippen LogP contribution in [0.25, 0.3) is 11.8 Å². The number of aryl methyl sites for hydroxylation is 2. The molecule has 0 radical (unpaired) electrons. The summed E-state index contributed by atoms with van der Waals surface area (Å²) in [6, 6.07) is 14.9. The number of carbonyl (C=O) groups excluding carboxylic acids is 1. The minimum atomic E-state index is -0.480. The van der Waals surface area contributed by atoms with E-state index in [9.17, 15) is 10.1 Å². The van der Waals surface area contributed by atoms with Crippen molar-refractivity contribution in [3.63, 3.8) is 0 Å². The van der Waals surface area contributed by atoms with Gasteiger partial charge in [0.05, 0.1) is 0 Å². The predicted molar refractivity (Wildman–Crippen MR) is 123 cm³/mol. The van der Waals surface area contributed by atoms with Crippen molar-refractivity contribution in [2.24, 2.45) is 0 Å². The summed E-state index contributed by atoms with van der Waals surface area (Å²) in [7, 11) is 0. The van der Waals surface area contributed by atoms with Crippen LogP contribution in [0.4, 0.5) is 5.69 Å². The fourth-order valence-electron chi connectivity index (χ4n) is 3.37. The van der Waals surface area contributed by atoms with Crippen molar-refractivity contribution in [3.8, 4) is 11.8 Å². The number of amides is 1. The zero-order chi connectivity index (χ0) is 22.0. The van der Waals surface area contributed by atoms with Gasteiger partial charge in [0, 0.05) is 32.8 Å². The van der Waals surface area contributed by atoms with Gasteiger partial charge in [-0.1, -0.05) is 35.3 Å². The number of hydrogen-bond donors (Lipinski definition) is 1. The number of hydrogen-bond acceptors (Lipinski definition) is 2. The topological polar surface area (TPSA) is 57.8 Å². The van der Waals surface area contributed by atoms with Crippen molar-refractivity contribution in [2.45, 2.75) is 27.7 Å². The van der Waals surface area contributed by atoms with E-state index < -0.39 is 5.91 Å². The lowest BCUT2D eigenvalue weighted by atomic mass is 10.1. The first-order chi connectivity index (χ1) is 14.2. The Hall–Kier alpha value is -3.00. The Kier molecular flexibility index (Phi) is 6.36.